The quantitative estimate of drug-likeness (QED) is 0.168. The molecule has 9 aromatic carbocycles. The average Bonchev–Trinajstić information content (AvgIpc) is 4.03. The van der Waals surface area contributed by atoms with Crippen molar-refractivity contribution in [1.82, 2.24) is 19.5 Å². The minimum absolute atomic E-state index is 0.574. The van der Waals surface area contributed by atoms with Crippen molar-refractivity contribution in [1.29, 1.82) is 0 Å². The molecule has 6 heteroatoms. The van der Waals surface area contributed by atoms with E-state index >= 15 is 0 Å². The summed E-state index contributed by atoms with van der Waals surface area (Å²) < 4.78 is 11.8. The van der Waals surface area contributed by atoms with Gasteiger partial charge in [0.1, 0.15) is 11.2 Å². The summed E-state index contributed by atoms with van der Waals surface area (Å²) in [5.41, 5.74) is 12.0. The van der Waals surface area contributed by atoms with Gasteiger partial charge in [0.2, 0.25) is 0 Å². The Morgan fingerprint density at radius 2 is 0.952 bits per heavy atom. The summed E-state index contributed by atoms with van der Waals surface area (Å²) in [6, 6.07) is 72.6. The third kappa shape index (κ3) is 5.73. The number of hydrogen-bond donors (Lipinski definition) is 0. The van der Waals surface area contributed by atoms with Crippen LogP contribution in [0.4, 0.5) is 0 Å². The second-order valence-electron chi connectivity index (χ2n) is 15.9. The highest BCUT2D eigenvalue weighted by atomic mass is 32.1. The van der Waals surface area contributed by atoms with Gasteiger partial charge < -0.3 is 8.98 Å². The molecule has 5 nitrogen and oxygen atoms in total. The van der Waals surface area contributed by atoms with Crippen molar-refractivity contribution >= 4 is 75.3 Å². The van der Waals surface area contributed by atoms with Crippen LogP contribution in [0.5, 0.6) is 0 Å². The van der Waals surface area contributed by atoms with Crippen molar-refractivity contribution in [3.05, 3.63) is 206 Å². The summed E-state index contributed by atoms with van der Waals surface area (Å²) in [7, 11) is 0. The third-order valence-corrected chi connectivity index (χ3v) is 13.4. The first-order chi connectivity index (χ1) is 31.2. The van der Waals surface area contributed by atoms with E-state index in [1.165, 1.54) is 25.7 Å². The Bertz CT molecular complexity index is 3850. The fourth-order valence-corrected chi connectivity index (χ4v) is 10.5. The first-order valence-electron chi connectivity index (χ1n) is 21.1. The van der Waals surface area contributed by atoms with Crippen LogP contribution in [-0.2, 0) is 0 Å². The van der Waals surface area contributed by atoms with Gasteiger partial charge in [0.05, 0.1) is 22.1 Å². The highest BCUT2D eigenvalue weighted by Crippen LogP contribution is 2.47. The molecule has 0 N–H and O–H groups in total. The van der Waals surface area contributed by atoms with Gasteiger partial charge in [0.25, 0.3) is 0 Å². The molecule has 4 aromatic heterocycles. The SMILES string of the molecule is c1ccc(-c2ccc3c(c2)c2ccccc2n3-c2c(-c3nc(-c4ccccc4)nc(-c4ccccc4)n3)ccc3oc4cccc(-c5ccc6c(c5)sc5ccccc56)c4c23)cc1. The maximum atomic E-state index is 6.90. The molecule has 0 aliphatic heterocycles. The number of furan rings is 1. The van der Waals surface area contributed by atoms with Crippen LogP contribution in [-0.4, -0.2) is 19.5 Å². The van der Waals surface area contributed by atoms with Crippen molar-refractivity contribution in [3.8, 4) is 62.1 Å². The van der Waals surface area contributed by atoms with E-state index in [1.807, 2.05) is 47.7 Å². The van der Waals surface area contributed by atoms with E-state index < -0.39 is 0 Å². The van der Waals surface area contributed by atoms with Gasteiger partial charge in [-0.15, -0.1) is 11.3 Å². The summed E-state index contributed by atoms with van der Waals surface area (Å²) in [5.74, 6) is 1.79. The normalized spacial score (nSPS) is 11.8. The minimum Gasteiger partial charge on any atom is -0.456 e. The molecule has 0 atom stereocenters. The predicted octanol–water partition coefficient (Wildman–Crippen LogP) is 15.6. The molecule has 0 unspecified atom stereocenters. The van der Waals surface area contributed by atoms with E-state index in [1.54, 1.807) is 0 Å². The summed E-state index contributed by atoms with van der Waals surface area (Å²) in [4.78, 5) is 15.7. The van der Waals surface area contributed by atoms with Crippen LogP contribution >= 0.6 is 11.3 Å². The Hall–Kier alpha value is -8.19. The molecule has 0 fully saturated rings. The first-order valence-corrected chi connectivity index (χ1v) is 21.9. The fraction of sp³-hybridized carbons (Fsp3) is 0. The molecule has 13 aromatic rings. The summed E-state index contributed by atoms with van der Waals surface area (Å²) in [5, 5.41) is 6.90. The first kappa shape index (κ1) is 35.6. The molecule has 294 valence electrons. The Kier molecular flexibility index (Phi) is 8.01. The van der Waals surface area contributed by atoms with Crippen LogP contribution in [0.3, 0.4) is 0 Å². The van der Waals surface area contributed by atoms with E-state index in [-0.39, 0.29) is 0 Å². The maximum absolute atomic E-state index is 6.90. The van der Waals surface area contributed by atoms with Crippen LogP contribution in [0.15, 0.2) is 211 Å². The van der Waals surface area contributed by atoms with Crippen LogP contribution in [0.25, 0.3) is 126 Å². The molecule has 63 heavy (non-hydrogen) atoms. The fourth-order valence-electron chi connectivity index (χ4n) is 9.39. The van der Waals surface area contributed by atoms with Crippen LogP contribution < -0.4 is 0 Å². The number of para-hydroxylation sites is 1. The molecule has 4 heterocycles. The van der Waals surface area contributed by atoms with Gasteiger partial charge in [-0.2, -0.15) is 0 Å². The zero-order valence-corrected chi connectivity index (χ0v) is 34.6. The number of thiophene rings is 1. The number of aromatic nitrogens is 4. The molecular weight excluding hydrogens is 789 g/mol. The lowest BCUT2D eigenvalue weighted by molar-refractivity contribution is 0.669. The van der Waals surface area contributed by atoms with E-state index in [9.17, 15) is 0 Å². The monoisotopic (exact) mass is 822 g/mol. The van der Waals surface area contributed by atoms with Crippen LogP contribution in [0.1, 0.15) is 0 Å². The number of fused-ring (bicyclic) bond motifs is 9. The second-order valence-corrected chi connectivity index (χ2v) is 17.0. The Morgan fingerprint density at radius 1 is 0.349 bits per heavy atom. The number of hydrogen-bond acceptors (Lipinski definition) is 5. The van der Waals surface area contributed by atoms with E-state index in [4.69, 9.17) is 19.4 Å². The van der Waals surface area contributed by atoms with Crippen LogP contribution in [0, 0.1) is 0 Å². The number of benzene rings is 9. The average molecular weight is 823 g/mol. The minimum atomic E-state index is 0.574. The molecule has 0 saturated carbocycles. The molecule has 0 radical (unpaired) electrons. The third-order valence-electron chi connectivity index (χ3n) is 12.3. The van der Waals surface area contributed by atoms with E-state index in [0.29, 0.717) is 17.5 Å². The van der Waals surface area contributed by atoms with Crippen molar-refractivity contribution in [2.24, 2.45) is 0 Å². The zero-order valence-electron chi connectivity index (χ0n) is 33.7. The van der Waals surface area contributed by atoms with Crippen LogP contribution in [0.2, 0.25) is 0 Å². The zero-order chi connectivity index (χ0) is 41.4. The van der Waals surface area contributed by atoms with Gasteiger partial charge in [-0.1, -0.05) is 158 Å². The summed E-state index contributed by atoms with van der Waals surface area (Å²) in [6.45, 7) is 0. The van der Waals surface area contributed by atoms with Gasteiger partial charge in [0.15, 0.2) is 17.5 Å². The highest BCUT2D eigenvalue weighted by Gasteiger charge is 2.26. The summed E-state index contributed by atoms with van der Waals surface area (Å²) in [6.07, 6.45) is 0. The lowest BCUT2D eigenvalue weighted by Crippen LogP contribution is -2.04. The molecule has 0 saturated heterocycles. The molecule has 0 aliphatic rings. The number of rotatable bonds is 6. The van der Waals surface area contributed by atoms with Gasteiger partial charge in [-0.25, -0.2) is 15.0 Å². The number of nitrogens with zero attached hydrogens (tertiary/aromatic N) is 4. The standard InChI is InChI=1S/C57H34N4OS/c1-4-15-35(16-5-1)38-28-31-47-45(33-38)41-21-10-12-24-46(41)61(47)54-44(57-59-55(36-17-6-2-7-18-36)58-56(60-57)37-19-8-3-9-20-37)30-32-49-53(54)52-40(23-14-25-48(52)62-49)39-27-29-43-42-22-11-13-26-50(42)63-51(43)34-39/h1-34H. The smallest absolute Gasteiger partial charge is 0.166 e. The van der Waals surface area contributed by atoms with E-state index in [2.05, 4.69) is 174 Å². The van der Waals surface area contributed by atoms with E-state index in [0.717, 1.165) is 82.8 Å². The maximum Gasteiger partial charge on any atom is 0.166 e. The summed E-state index contributed by atoms with van der Waals surface area (Å²) >= 11 is 1.83. The Morgan fingerprint density at radius 3 is 1.71 bits per heavy atom. The topological polar surface area (TPSA) is 56.7 Å². The predicted molar refractivity (Wildman–Crippen MR) is 262 cm³/mol. The lowest BCUT2D eigenvalue weighted by Gasteiger charge is -2.17. The van der Waals surface area contributed by atoms with Crippen molar-refractivity contribution in [3.63, 3.8) is 0 Å². The molecule has 0 spiro atoms. The molecule has 0 aliphatic carbocycles. The molecular formula is C57H34N4OS. The lowest BCUT2D eigenvalue weighted by atomic mass is 9.96. The van der Waals surface area contributed by atoms with Gasteiger partial charge in [0, 0.05) is 53.0 Å². The van der Waals surface area contributed by atoms with Crippen molar-refractivity contribution < 1.29 is 4.42 Å². The largest absolute Gasteiger partial charge is 0.456 e. The Labute approximate surface area is 365 Å². The highest BCUT2D eigenvalue weighted by molar-refractivity contribution is 7.25. The van der Waals surface area contributed by atoms with Gasteiger partial charge >= 0.3 is 0 Å². The second kappa shape index (κ2) is 14.2. The molecule has 0 bridgehead atoms. The van der Waals surface area contributed by atoms with Crippen molar-refractivity contribution in [2.45, 2.75) is 0 Å². The van der Waals surface area contributed by atoms with Crippen molar-refractivity contribution in [2.75, 3.05) is 0 Å². The Balaban J connectivity index is 1.16. The molecule has 13 rings (SSSR count). The van der Waals surface area contributed by atoms with Gasteiger partial charge in [-0.05, 0) is 70.8 Å². The molecule has 0 amide bonds. The van der Waals surface area contributed by atoms with Gasteiger partial charge in [-0.3, -0.25) is 0 Å².